The predicted octanol–water partition coefficient (Wildman–Crippen LogP) is -1.18. The molecule has 0 bridgehead atoms. The summed E-state index contributed by atoms with van der Waals surface area (Å²) < 4.78 is 0. The fraction of sp³-hybridized carbons (Fsp3) is 0.143. The van der Waals surface area contributed by atoms with Crippen LogP contribution in [0.15, 0.2) is 24.3 Å². The van der Waals surface area contributed by atoms with Crippen LogP contribution < -0.4 is 18.9 Å². The Kier molecular flexibility index (Phi) is 3.45. The number of hydrogen-bond donors (Lipinski definition) is 1. The quantitative estimate of drug-likeness (QED) is 0.423. The molecular formula is C7H9LiO. The van der Waals surface area contributed by atoms with Gasteiger partial charge in [0, 0.05) is 0 Å². The van der Waals surface area contributed by atoms with Crippen LogP contribution in [0.1, 0.15) is 6.99 Å². The molecule has 1 nitrogen and oxygen atoms in total. The third-order valence-corrected chi connectivity index (χ3v) is 1.00. The van der Waals surface area contributed by atoms with Gasteiger partial charge in [0.2, 0.25) is 0 Å². The molecule has 1 aromatic carbocycles. The zero-order valence-electron chi connectivity index (χ0n) is 6.76. The molecule has 0 atom stereocenters. The maximum Gasteiger partial charge on any atom is 1.00 e. The maximum absolute atomic E-state index is 8.81. The number of phenolic OH excluding ortho intramolecular Hbond substituents is 1. The van der Waals surface area contributed by atoms with E-state index in [9.17, 15) is 0 Å². The molecule has 0 radical (unpaired) electrons. The van der Waals surface area contributed by atoms with Crippen LogP contribution in [-0.4, -0.2) is 5.11 Å². The largest absolute Gasteiger partial charge is 1.00 e. The SMILES string of the molecule is Cc1cccc(O)c1.[H-].[Li+]. The Morgan fingerprint density at radius 2 is 2.11 bits per heavy atom. The molecule has 0 heterocycles. The molecule has 9 heavy (non-hydrogen) atoms. The summed E-state index contributed by atoms with van der Waals surface area (Å²) in [5, 5.41) is 8.81. The van der Waals surface area contributed by atoms with Gasteiger partial charge in [0.1, 0.15) is 5.75 Å². The van der Waals surface area contributed by atoms with Crippen molar-refractivity contribution in [2.75, 3.05) is 0 Å². The molecule has 0 spiro atoms. The van der Waals surface area contributed by atoms with Crippen molar-refractivity contribution < 1.29 is 25.4 Å². The van der Waals surface area contributed by atoms with Gasteiger partial charge in [-0.1, -0.05) is 12.1 Å². The minimum atomic E-state index is 0. The predicted molar refractivity (Wildman–Crippen MR) is 34.0 cm³/mol. The molecule has 2 heteroatoms. The number of benzene rings is 1. The van der Waals surface area contributed by atoms with Crippen LogP contribution in [0, 0.1) is 6.92 Å². The van der Waals surface area contributed by atoms with Crippen molar-refractivity contribution in [2.24, 2.45) is 0 Å². The zero-order valence-corrected chi connectivity index (χ0v) is 5.76. The van der Waals surface area contributed by atoms with Gasteiger partial charge in [0.15, 0.2) is 0 Å². The van der Waals surface area contributed by atoms with Crippen molar-refractivity contribution in [2.45, 2.75) is 6.92 Å². The van der Waals surface area contributed by atoms with Crippen LogP contribution in [0.5, 0.6) is 5.75 Å². The summed E-state index contributed by atoms with van der Waals surface area (Å²) in [6.45, 7) is 1.94. The molecule has 0 aromatic heterocycles. The van der Waals surface area contributed by atoms with Gasteiger partial charge in [-0.2, -0.15) is 0 Å². The molecule has 0 saturated heterocycles. The van der Waals surface area contributed by atoms with Crippen LogP contribution in [0.3, 0.4) is 0 Å². The summed E-state index contributed by atoms with van der Waals surface area (Å²) in [6.07, 6.45) is 0. The number of aromatic hydroxyl groups is 1. The van der Waals surface area contributed by atoms with Crippen molar-refractivity contribution in [3.63, 3.8) is 0 Å². The topological polar surface area (TPSA) is 20.2 Å². The van der Waals surface area contributed by atoms with Gasteiger partial charge in [-0.15, -0.1) is 0 Å². The number of phenols is 1. The van der Waals surface area contributed by atoms with Crippen LogP contribution in [-0.2, 0) is 0 Å². The standard InChI is InChI=1S/C7H8O.Li.H/c1-6-3-2-4-7(8)5-6;;/h2-5,8H,1H3;;/q;+1;-1. The number of rotatable bonds is 0. The monoisotopic (exact) mass is 116 g/mol. The summed E-state index contributed by atoms with van der Waals surface area (Å²) in [7, 11) is 0. The van der Waals surface area contributed by atoms with E-state index in [1.54, 1.807) is 12.1 Å². The Labute approximate surface area is 68.4 Å². The first-order valence-corrected chi connectivity index (χ1v) is 2.54. The van der Waals surface area contributed by atoms with Gasteiger partial charge >= 0.3 is 18.9 Å². The Balaban J connectivity index is 0. The minimum absolute atomic E-state index is 0. The normalized spacial score (nSPS) is 8.11. The Morgan fingerprint density at radius 3 is 2.44 bits per heavy atom. The van der Waals surface area contributed by atoms with Gasteiger partial charge < -0.3 is 6.53 Å². The Bertz CT molecular complexity index is 173. The first-order chi connectivity index (χ1) is 3.79. The minimum Gasteiger partial charge on any atom is -1.00 e. The zero-order chi connectivity index (χ0) is 5.98. The maximum atomic E-state index is 8.81. The van der Waals surface area contributed by atoms with Gasteiger partial charge in [-0.05, 0) is 24.6 Å². The third-order valence-electron chi connectivity index (χ3n) is 1.00. The number of hydrogen-bond acceptors (Lipinski definition) is 1. The third kappa shape index (κ3) is 2.60. The first kappa shape index (κ1) is 8.62. The van der Waals surface area contributed by atoms with Gasteiger partial charge in [0.05, 0.1) is 0 Å². The van der Waals surface area contributed by atoms with E-state index in [2.05, 4.69) is 0 Å². The van der Waals surface area contributed by atoms with E-state index in [0.29, 0.717) is 5.75 Å². The Morgan fingerprint density at radius 1 is 1.44 bits per heavy atom. The summed E-state index contributed by atoms with van der Waals surface area (Å²) in [5.41, 5.74) is 1.09. The second-order valence-corrected chi connectivity index (χ2v) is 1.84. The van der Waals surface area contributed by atoms with Crippen molar-refractivity contribution in [3.05, 3.63) is 29.8 Å². The van der Waals surface area contributed by atoms with Crippen LogP contribution in [0.2, 0.25) is 0 Å². The average Bonchev–Trinajstić information content (AvgIpc) is 1.64. The molecule has 0 amide bonds. The molecule has 0 unspecified atom stereocenters. The summed E-state index contributed by atoms with van der Waals surface area (Å²) in [5.74, 6) is 0.338. The average molecular weight is 116 g/mol. The van der Waals surface area contributed by atoms with E-state index in [4.69, 9.17) is 5.11 Å². The Hall–Kier alpha value is -0.383. The molecule has 1 aromatic rings. The summed E-state index contributed by atoms with van der Waals surface area (Å²) in [6, 6.07) is 7.15. The summed E-state index contributed by atoms with van der Waals surface area (Å²) >= 11 is 0. The van der Waals surface area contributed by atoms with E-state index in [-0.39, 0.29) is 20.3 Å². The second-order valence-electron chi connectivity index (χ2n) is 1.84. The smallest absolute Gasteiger partial charge is 1.00 e. The van der Waals surface area contributed by atoms with Crippen LogP contribution in [0.4, 0.5) is 0 Å². The van der Waals surface area contributed by atoms with Gasteiger partial charge in [-0.25, -0.2) is 0 Å². The molecule has 1 rings (SSSR count). The molecule has 0 aliphatic carbocycles. The van der Waals surface area contributed by atoms with Gasteiger partial charge in [0.25, 0.3) is 0 Å². The van der Waals surface area contributed by atoms with Crippen LogP contribution in [0.25, 0.3) is 0 Å². The summed E-state index contributed by atoms with van der Waals surface area (Å²) in [4.78, 5) is 0. The van der Waals surface area contributed by atoms with Crippen molar-refractivity contribution in [1.82, 2.24) is 0 Å². The van der Waals surface area contributed by atoms with Crippen LogP contribution >= 0.6 is 0 Å². The van der Waals surface area contributed by atoms with Gasteiger partial charge in [-0.3, -0.25) is 0 Å². The fourth-order valence-corrected chi connectivity index (χ4v) is 0.628. The van der Waals surface area contributed by atoms with E-state index in [1.165, 1.54) is 0 Å². The molecule has 0 aliphatic heterocycles. The van der Waals surface area contributed by atoms with E-state index in [0.717, 1.165) is 5.56 Å². The molecular weight excluding hydrogens is 107 g/mol. The molecule has 0 fully saturated rings. The van der Waals surface area contributed by atoms with E-state index >= 15 is 0 Å². The number of aryl methyl sites for hydroxylation is 1. The van der Waals surface area contributed by atoms with E-state index in [1.807, 2.05) is 19.1 Å². The molecule has 0 saturated carbocycles. The second kappa shape index (κ2) is 3.61. The molecule has 44 valence electrons. The van der Waals surface area contributed by atoms with E-state index < -0.39 is 0 Å². The first-order valence-electron chi connectivity index (χ1n) is 2.54. The molecule has 1 N–H and O–H groups in total. The fourth-order valence-electron chi connectivity index (χ4n) is 0.628. The van der Waals surface area contributed by atoms with Crippen molar-refractivity contribution in [1.29, 1.82) is 0 Å². The van der Waals surface area contributed by atoms with Crippen molar-refractivity contribution >= 4 is 0 Å². The molecule has 0 aliphatic rings. The van der Waals surface area contributed by atoms with Crippen molar-refractivity contribution in [3.8, 4) is 5.75 Å².